The monoisotopic (exact) mass is 383 g/mol. The number of hydrogen-bond donors (Lipinski definition) is 1. The zero-order valence-corrected chi connectivity index (χ0v) is 16.3. The summed E-state index contributed by atoms with van der Waals surface area (Å²) in [7, 11) is 0. The van der Waals surface area contributed by atoms with E-state index in [1.165, 1.54) is 5.56 Å². The van der Waals surface area contributed by atoms with Crippen LogP contribution in [0.1, 0.15) is 33.9 Å². The second-order valence-electron chi connectivity index (χ2n) is 7.28. The molecule has 0 saturated carbocycles. The van der Waals surface area contributed by atoms with E-state index in [4.69, 9.17) is 10.5 Å². The highest BCUT2D eigenvalue weighted by atomic mass is 16.5. The van der Waals surface area contributed by atoms with E-state index in [9.17, 15) is 10.1 Å². The summed E-state index contributed by atoms with van der Waals surface area (Å²) in [6.45, 7) is 4.35. The van der Waals surface area contributed by atoms with Gasteiger partial charge in [-0.15, -0.1) is 0 Å². The normalized spacial score (nSPS) is 15.4. The number of nitrogens with two attached hydrogens (primary N) is 1. The third kappa shape index (κ3) is 3.30. The summed E-state index contributed by atoms with van der Waals surface area (Å²) < 4.78 is 7.41. The Balaban J connectivity index is 1.90. The van der Waals surface area contributed by atoms with Gasteiger partial charge in [0.25, 0.3) is 5.56 Å². The average Bonchev–Trinajstić information content (AvgIpc) is 2.72. The van der Waals surface area contributed by atoms with E-state index in [0.717, 1.165) is 16.8 Å². The number of nitriles is 1. The number of aromatic nitrogens is 1. The summed E-state index contributed by atoms with van der Waals surface area (Å²) in [5.74, 6) is -0.0933. The first kappa shape index (κ1) is 18.6. The molecule has 0 saturated heterocycles. The number of nitrogens with zero attached hydrogens (tertiary/aromatic N) is 2. The van der Waals surface area contributed by atoms with E-state index in [1.807, 2.05) is 74.5 Å². The molecule has 0 unspecified atom stereocenters. The van der Waals surface area contributed by atoms with Crippen molar-refractivity contribution in [3.63, 3.8) is 0 Å². The van der Waals surface area contributed by atoms with Crippen LogP contribution >= 0.6 is 0 Å². The first-order valence-electron chi connectivity index (χ1n) is 9.42. The van der Waals surface area contributed by atoms with Crippen LogP contribution in [0.2, 0.25) is 0 Å². The number of hydrogen-bond acceptors (Lipinski definition) is 4. The highest BCUT2D eigenvalue weighted by Gasteiger charge is 2.34. The van der Waals surface area contributed by atoms with Gasteiger partial charge in [-0.2, -0.15) is 5.26 Å². The molecule has 1 aliphatic heterocycles. The zero-order chi connectivity index (χ0) is 20.5. The zero-order valence-electron chi connectivity index (χ0n) is 16.3. The lowest BCUT2D eigenvalue weighted by atomic mass is 9.84. The summed E-state index contributed by atoms with van der Waals surface area (Å²) in [4.78, 5) is 13.6. The van der Waals surface area contributed by atoms with Crippen LogP contribution in [0.15, 0.2) is 76.9 Å². The Morgan fingerprint density at radius 3 is 2.45 bits per heavy atom. The third-order valence-corrected chi connectivity index (χ3v) is 5.28. The van der Waals surface area contributed by atoms with Gasteiger partial charge in [-0.3, -0.25) is 4.79 Å². The molecule has 0 aliphatic carbocycles. The van der Waals surface area contributed by atoms with Crippen molar-refractivity contribution >= 4 is 0 Å². The van der Waals surface area contributed by atoms with E-state index in [1.54, 1.807) is 4.57 Å². The minimum absolute atomic E-state index is 0.0453. The summed E-state index contributed by atoms with van der Waals surface area (Å²) in [6, 6.07) is 21.5. The quantitative estimate of drug-likeness (QED) is 0.747. The molecular formula is C24H21N3O2. The van der Waals surface area contributed by atoms with Gasteiger partial charge in [0.2, 0.25) is 5.88 Å². The molecule has 1 aliphatic rings. The fraction of sp³-hybridized carbons (Fsp3) is 0.167. The van der Waals surface area contributed by atoms with E-state index < -0.39 is 5.92 Å². The first-order valence-corrected chi connectivity index (χ1v) is 9.42. The van der Waals surface area contributed by atoms with Gasteiger partial charge in [0.05, 0.1) is 18.0 Å². The molecule has 1 aromatic heterocycles. The maximum absolute atomic E-state index is 13.6. The highest BCUT2D eigenvalue weighted by Crippen LogP contribution is 2.40. The largest absolute Gasteiger partial charge is 0.440 e. The van der Waals surface area contributed by atoms with Crippen molar-refractivity contribution in [1.82, 2.24) is 4.57 Å². The van der Waals surface area contributed by atoms with Crippen LogP contribution in [0.25, 0.3) is 0 Å². The Bertz CT molecular complexity index is 1200. The number of ether oxygens (including phenoxy) is 1. The fourth-order valence-corrected chi connectivity index (χ4v) is 3.74. The molecule has 4 rings (SSSR count). The van der Waals surface area contributed by atoms with Crippen molar-refractivity contribution in [3.05, 3.63) is 110 Å². The summed E-state index contributed by atoms with van der Waals surface area (Å²) in [5.41, 5.74) is 10.4. The Kier molecular flexibility index (Phi) is 4.69. The molecule has 0 amide bonds. The Morgan fingerprint density at radius 1 is 1.10 bits per heavy atom. The summed E-state index contributed by atoms with van der Waals surface area (Å²) in [5, 5.41) is 9.72. The van der Waals surface area contributed by atoms with Crippen LogP contribution in [-0.2, 0) is 6.54 Å². The Morgan fingerprint density at radius 2 is 1.79 bits per heavy atom. The SMILES string of the molecule is Cc1ccc(Cn2c(C)cc3c(c2=O)[C@@H](c2ccccc2)C(C#N)=C(N)O3)cc1. The number of rotatable bonds is 3. The summed E-state index contributed by atoms with van der Waals surface area (Å²) >= 11 is 0. The molecule has 2 aromatic carbocycles. The van der Waals surface area contributed by atoms with Gasteiger partial charge in [-0.1, -0.05) is 60.2 Å². The van der Waals surface area contributed by atoms with Crippen molar-refractivity contribution in [1.29, 1.82) is 5.26 Å². The van der Waals surface area contributed by atoms with E-state index in [0.29, 0.717) is 17.9 Å². The van der Waals surface area contributed by atoms with E-state index in [2.05, 4.69) is 6.07 Å². The molecule has 2 heterocycles. The van der Waals surface area contributed by atoms with Crippen molar-refractivity contribution in [2.75, 3.05) is 0 Å². The van der Waals surface area contributed by atoms with E-state index in [-0.39, 0.29) is 17.0 Å². The lowest BCUT2D eigenvalue weighted by molar-refractivity contribution is 0.389. The molecule has 2 N–H and O–H groups in total. The van der Waals surface area contributed by atoms with Gasteiger partial charge in [-0.25, -0.2) is 0 Å². The smallest absolute Gasteiger partial charge is 0.259 e. The number of aryl methyl sites for hydroxylation is 2. The van der Waals surface area contributed by atoms with Crippen molar-refractivity contribution in [3.8, 4) is 11.8 Å². The second kappa shape index (κ2) is 7.33. The Hall–Kier alpha value is -3.78. The first-order chi connectivity index (χ1) is 14.0. The van der Waals surface area contributed by atoms with Gasteiger partial charge in [0.1, 0.15) is 17.4 Å². The minimum Gasteiger partial charge on any atom is -0.440 e. The van der Waals surface area contributed by atoms with Crippen molar-refractivity contribution in [2.45, 2.75) is 26.3 Å². The second-order valence-corrected chi connectivity index (χ2v) is 7.28. The number of allylic oxidation sites excluding steroid dienone is 1. The Labute approximate surface area is 169 Å². The number of fused-ring (bicyclic) bond motifs is 1. The van der Waals surface area contributed by atoms with Gasteiger partial charge >= 0.3 is 0 Å². The van der Waals surface area contributed by atoms with E-state index >= 15 is 0 Å². The molecule has 144 valence electrons. The lowest BCUT2D eigenvalue weighted by Gasteiger charge is -2.27. The number of benzene rings is 2. The van der Waals surface area contributed by atoms with Crippen molar-refractivity contribution in [2.24, 2.45) is 5.73 Å². The molecule has 0 radical (unpaired) electrons. The summed E-state index contributed by atoms with van der Waals surface area (Å²) in [6.07, 6.45) is 0. The maximum Gasteiger partial charge on any atom is 0.259 e. The predicted molar refractivity (Wildman–Crippen MR) is 111 cm³/mol. The topological polar surface area (TPSA) is 81.0 Å². The van der Waals surface area contributed by atoms with Crippen LogP contribution in [0, 0.1) is 25.2 Å². The molecule has 3 aromatic rings. The fourth-order valence-electron chi connectivity index (χ4n) is 3.74. The molecule has 0 fully saturated rings. The van der Waals surface area contributed by atoms with Gasteiger partial charge < -0.3 is 15.0 Å². The molecule has 5 nitrogen and oxygen atoms in total. The predicted octanol–water partition coefficient (Wildman–Crippen LogP) is 3.73. The van der Waals surface area contributed by atoms with Crippen LogP contribution in [0.3, 0.4) is 0 Å². The molecule has 5 heteroatoms. The van der Waals surface area contributed by atoms with Gasteiger partial charge in [0.15, 0.2) is 0 Å². The highest BCUT2D eigenvalue weighted by molar-refractivity contribution is 5.55. The van der Waals surface area contributed by atoms with Crippen LogP contribution in [-0.4, -0.2) is 4.57 Å². The molecule has 0 spiro atoms. The standard InChI is InChI=1S/C24H21N3O2/c1-15-8-10-17(11-9-15)14-27-16(2)12-20-22(24(27)28)21(18-6-4-3-5-7-18)19(13-25)23(26)29-20/h3-12,21H,14,26H2,1-2H3/t21-/m0/s1. The molecule has 1 atom stereocenters. The average molecular weight is 383 g/mol. The van der Waals surface area contributed by atoms with Crippen molar-refractivity contribution < 1.29 is 4.74 Å². The van der Waals surface area contributed by atoms with Gasteiger partial charge in [-0.05, 0) is 25.0 Å². The van der Waals surface area contributed by atoms with Gasteiger partial charge in [0, 0.05) is 11.8 Å². The lowest BCUT2D eigenvalue weighted by Crippen LogP contribution is -2.33. The maximum atomic E-state index is 13.6. The third-order valence-electron chi connectivity index (χ3n) is 5.28. The molecule has 29 heavy (non-hydrogen) atoms. The van der Waals surface area contributed by atoms with Crippen LogP contribution in [0.4, 0.5) is 0 Å². The van der Waals surface area contributed by atoms with Crippen LogP contribution in [0.5, 0.6) is 5.75 Å². The minimum atomic E-state index is -0.553. The van der Waals surface area contributed by atoms with Crippen LogP contribution < -0.4 is 16.0 Å². The number of pyridine rings is 1. The molecular weight excluding hydrogens is 362 g/mol. The molecule has 0 bridgehead atoms.